The van der Waals surface area contributed by atoms with E-state index < -0.39 is 5.97 Å². The van der Waals surface area contributed by atoms with E-state index in [9.17, 15) is 4.79 Å². The lowest BCUT2D eigenvalue weighted by Crippen LogP contribution is -2.08. The number of esters is 1. The van der Waals surface area contributed by atoms with Crippen LogP contribution in [0.4, 0.5) is 0 Å². The van der Waals surface area contributed by atoms with Crippen LogP contribution in [-0.2, 0) is 4.43 Å². The molecule has 16 heavy (non-hydrogen) atoms. The molecule has 0 unspecified atom stereocenters. The zero-order chi connectivity index (χ0) is 11.4. The van der Waals surface area contributed by atoms with Gasteiger partial charge in [0.15, 0.2) is 4.88 Å². The van der Waals surface area contributed by atoms with Gasteiger partial charge in [0.1, 0.15) is 5.75 Å². The third-order valence-electron chi connectivity index (χ3n) is 1.82. The maximum atomic E-state index is 11.8. The molecule has 2 rings (SSSR count). The highest BCUT2D eigenvalue weighted by Gasteiger charge is 2.17. The number of carbonyl (C=O) groups is 1. The standard InChI is InChI=1S/C10H7IN2O2S/c11-6-8-9(16-13-12-8)10(14)15-7-4-2-1-3-5-7/h1-5H,6H2. The van der Waals surface area contributed by atoms with Crippen molar-refractivity contribution >= 4 is 40.1 Å². The zero-order valence-corrected chi connectivity index (χ0v) is 11.1. The number of hydrogen-bond donors (Lipinski definition) is 0. The summed E-state index contributed by atoms with van der Waals surface area (Å²) in [5.41, 5.74) is 0.673. The number of para-hydroxylation sites is 1. The van der Waals surface area contributed by atoms with Crippen molar-refractivity contribution in [1.82, 2.24) is 9.59 Å². The van der Waals surface area contributed by atoms with E-state index in [-0.39, 0.29) is 0 Å². The summed E-state index contributed by atoms with van der Waals surface area (Å²) in [7, 11) is 0. The number of alkyl halides is 1. The number of nitrogens with zero attached hydrogens (tertiary/aromatic N) is 2. The normalized spacial score (nSPS) is 10.1. The summed E-state index contributed by atoms with van der Waals surface area (Å²) in [6.45, 7) is 0. The van der Waals surface area contributed by atoms with Gasteiger partial charge in [0.25, 0.3) is 0 Å². The van der Waals surface area contributed by atoms with E-state index in [1.165, 1.54) is 0 Å². The molecule has 0 N–H and O–H groups in total. The minimum atomic E-state index is -0.395. The number of carbonyl (C=O) groups excluding carboxylic acids is 1. The summed E-state index contributed by atoms with van der Waals surface area (Å²) in [5.74, 6) is 0.133. The third kappa shape index (κ3) is 2.56. The largest absolute Gasteiger partial charge is 0.422 e. The molecule has 0 saturated carbocycles. The molecule has 1 aromatic heterocycles. The first-order valence-corrected chi connectivity index (χ1v) is 6.75. The molecule has 82 valence electrons. The Labute approximate surface area is 110 Å². The van der Waals surface area contributed by atoms with Crippen LogP contribution in [0.15, 0.2) is 30.3 Å². The molecule has 4 nitrogen and oxygen atoms in total. The van der Waals surface area contributed by atoms with Gasteiger partial charge in [-0.25, -0.2) is 4.79 Å². The van der Waals surface area contributed by atoms with Crippen molar-refractivity contribution in [3.8, 4) is 5.75 Å². The van der Waals surface area contributed by atoms with Crippen LogP contribution in [0.1, 0.15) is 15.4 Å². The van der Waals surface area contributed by atoms with Crippen molar-refractivity contribution in [2.24, 2.45) is 0 Å². The number of rotatable bonds is 3. The highest BCUT2D eigenvalue weighted by Crippen LogP contribution is 2.17. The fourth-order valence-corrected chi connectivity index (χ4v) is 2.44. The van der Waals surface area contributed by atoms with E-state index in [1.807, 2.05) is 18.2 Å². The molecule has 0 aliphatic carbocycles. The predicted molar refractivity (Wildman–Crippen MR) is 69.0 cm³/mol. The maximum absolute atomic E-state index is 11.8. The lowest BCUT2D eigenvalue weighted by molar-refractivity contribution is 0.0739. The maximum Gasteiger partial charge on any atom is 0.357 e. The molecule has 0 radical (unpaired) electrons. The molecule has 2 aromatic rings. The summed E-state index contributed by atoms with van der Waals surface area (Å²) in [5, 5.41) is 3.86. The summed E-state index contributed by atoms with van der Waals surface area (Å²) < 4.78 is 9.58. The van der Waals surface area contributed by atoms with Gasteiger partial charge in [-0.2, -0.15) is 0 Å². The van der Waals surface area contributed by atoms with E-state index >= 15 is 0 Å². The SMILES string of the molecule is O=C(Oc1ccccc1)c1snnc1CI. The quantitative estimate of drug-likeness (QED) is 0.371. The Morgan fingerprint density at radius 2 is 2.12 bits per heavy atom. The topological polar surface area (TPSA) is 52.1 Å². The minimum Gasteiger partial charge on any atom is -0.422 e. The van der Waals surface area contributed by atoms with Gasteiger partial charge in [0.05, 0.1) is 5.69 Å². The van der Waals surface area contributed by atoms with Gasteiger partial charge in [-0.3, -0.25) is 0 Å². The average molecular weight is 346 g/mol. The summed E-state index contributed by atoms with van der Waals surface area (Å²) in [6.07, 6.45) is 0. The lowest BCUT2D eigenvalue weighted by atomic mass is 10.3. The van der Waals surface area contributed by atoms with Gasteiger partial charge in [-0.1, -0.05) is 45.3 Å². The molecule has 0 amide bonds. The predicted octanol–water partition coefficient (Wildman–Crippen LogP) is 2.69. The molecular formula is C10H7IN2O2S. The fraction of sp³-hybridized carbons (Fsp3) is 0.100. The molecule has 1 aromatic carbocycles. The second-order valence-corrected chi connectivity index (χ2v) is 4.40. The highest BCUT2D eigenvalue weighted by molar-refractivity contribution is 14.1. The monoisotopic (exact) mass is 346 g/mol. The molecule has 0 spiro atoms. The highest BCUT2D eigenvalue weighted by atomic mass is 127. The van der Waals surface area contributed by atoms with Crippen LogP contribution in [0, 0.1) is 0 Å². The first-order valence-electron chi connectivity index (χ1n) is 4.45. The van der Waals surface area contributed by atoms with Crippen LogP contribution in [0.5, 0.6) is 5.75 Å². The summed E-state index contributed by atoms with van der Waals surface area (Å²) >= 11 is 3.20. The van der Waals surface area contributed by atoms with Crippen LogP contribution in [-0.4, -0.2) is 15.6 Å². The Balaban J connectivity index is 2.15. The first-order chi connectivity index (χ1) is 7.81. The molecule has 1 heterocycles. The smallest absolute Gasteiger partial charge is 0.357 e. The molecule has 0 bridgehead atoms. The second kappa shape index (κ2) is 5.35. The molecule has 6 heteroatoms. The van der Waals surface area contributed by atoms with Crippen LogP contribution in [0.25, 0.3) is 0 Å². The van der Waals surface area contributed by atoms with E-state index in [2.05, 4.69) is 32.2 Å². The Bertz CT molecular complexity index is 487. The van der Waals surface area contributed by atoms with Crippen LogP contribution in [0.3, 0.4) is 0 Å². The van der Waals surface area contributed by atoms with E-state index in [0.717, 1.165) is 11.5 Å². The van der Waals surface area contributed by atoms with Gasteiger partial charge < -0.3 is 4.74 Å². The molecule has 0 saturated heterocycles. The van der Waals surface area contributed by atoms with Crippen molar-refractivity contribution in [3.05, 3.63) is 40.9 Å². The molecule has 0 fully saturated rings. The molecule has 0 aliphatic heterocycles. The van der Waals surface area contributed by atoms with Crippen LogP contribution in [0.2, 0.25) is 0 Å². The Hall–Kier alpha value is -1.02. The number of ether oxygens (including phenoxy) is 1. The van der Waals surface area contributed by atoms with E-state index in [0.29, 0.717) is 20.7 Å². The number of halogens is 1. The van der Waals surface area contributed by atoms with Gasteiger partial charge in [0.2, 0.25) is 0 Å². The molecular weight excluding hydrogens is 339 g/mol. The Morgan fingerprint density at radius 1 is 1.38 bits per heavy atom. The number of benzene rings is 1. The number of aromatic nitrogens is 2. The fourth-order valence-electron chi connectivity index (χ4n) is 1.09. The molecule has 0 atom stereocenters. The van der Waals surface area contributed by atoms with Crippen molar-refractivity contribution in [3.63, 3.8) is 0 Å². The van der Waals surface area contributed by atoms with Crippen molar-refractivity contribution < 1.29 is 9.53 Å². The first kappa shape index (κ1) is 11.5. The Morgan fingerprint density at radius 3 is 2.81 bits per heavy atom. The van der Waals surface area contributed by atoms with Gasteiger partial charge in [0, 0.05) is 4.43 Å². The van der Waals surface area contributed by atoms with E-state index in [4.69, 9.17) is 4.74 Å². The lowest BCUT2D eigenvalue weighted by Gasteiger charge is -2.01. The Kier molecular flexibility index (Phi) is 3.83. The van der Waals surface area contributed by atoms with Crippen LogP contribution < -0.4 is 4.74 Å². The van der Waals surface area contributed by atoms with Gasteiger partial charge in [-0.05, 0) is 23.7 Å². The van der Waals surface area contributed by atoms with Gasteiger partial charge >= 0.3 is 5.97 Å². The van der Waals surface area contributed by atoms with Crippen LogP contribution >= 0.6 is 34.1 Å². The summed E-state index contributed by atoms with van der Waals surface area (Å²) in [6, 6.07) is 8.95. The van der Waals surface area contributed by atoms with E-state index in [1.54, 1.807) is 12.1 Å². The zero-order valence-electron chi connectivity index (χ0n) is 8.09. The number of hydrogen-bond acceptors (Lipinski definition) is 5. The van der Waals surface area contributed by atoms with Crippen molar-refractivity contribution in [1.29, 1.82) is 0 Å². The summed E-state index contributed by atoms with van der Waals surface area (Å²) in [4.78, 5) is 12.2. The van der Waals surface area contributed by atoms with Crippen molar-refractivity contribution in [2.45, 2.75) is 4.43 Å². The third-order valence-corrected chi connectivity index (χ3v) is 3.29. The van der Waals surface area contributed by atoms with Gasteiger partial charge in [-0.15, -0.1) is 5.10 Å². The second-order valence-electron chi connectivity index (χ2n) is 2.88. The average Bonchev–Trinajstić information content (AvgIpc) is 2.78. The molecule has 0 aliphatic rings. The minimum absolute atomic E-state index is 0.395. The van der Waals surface area contributed by atoms with Crippen molar-refractivity contribution in [2.75, 3.05) is 0 Å².